The van der Waals surface area contributed by atoms with Crippen molar-refractivity contribution in [2.75, 3.05) is 18.1 Å². The number of hydrogen-bond acceptors (Lipinski definition) is 4. The second kappa shape index (κ2) is 7.60. The quantitative estimate of drug-likeness (QED) is 0.831. The molecule has 0 aliphatic heterocycles. The van der Waals surface area contributed by atoms with Crippen molar-refractivity contribution in [3.63, 3.8) is 0 Å². The summed E-state index contributed by atoms with van der Waals surface area (Å²) in [5, 5.41) is 2.68. The van der Waals surface area contributed by atoms with Crippen LogP contribution in [0.4, 0.5) is 5.69 Å². The second-order valence-electron chi connectivity index (χ2n) is 5.64. The van der Waals surface area contributed by atoms with Gasteiger partial charge in [-0.15, -0.1) is 0 Å². The van der Waals surface area contributed by atoms with E-state index in [1.54, 1.807) is 38.1 Å². The zero-order chi connectivity index (χ0) is 16.9. The summed E-state index contributed by atoms with van der Waals surface area (Å²) in [4.78, 5) is 12.0. The van der Waals surface area contributed by atoms with Crippen molar-refractivity contribution in [1.29, 1.82) is 0 Å². The Kier molecular flexibility index (Phi) is 6.37. The van der Waals surface area contributed by atoms with E-state index < -0.39 is 10.0 Å². The highest BCUT2D eigenvalue weighted by atomic mass is 32.2. The van der Waals surface area contributed by atoms with Crippen LogP contribution >= 0.6 is 0 Å². The van der Waals surface area contributed by atoms with Gasteiger partial charge < -0.3 is 10.1 Å². The lowest BCUT2D eigenvalue weighted by Gasteiger charge is -2.23. The molecule has 1 aromatic carbocycles. The van der Waals surface area contributed by atoms with Crippen molar-refractivity contribution < 1.29 is 17.9 Å². The molecule has 0 saturated carbocycles. The number of nitrogens with one attached hydrogen (secondary N) is 1. The molecule has 1 amide bonds. The van der Waals surface area contributed by atoms with Gasteiger partial charge in [-0.25, -0.2) is 8.42 Å². The van der Waals surface area contributed by atoms with Crippen molar-refractivity contribution in [3.8, 4) is 5.75 Å². The van der Waals surface area contributed by atoms with Crippen molar-refractivity contribution in [1.82, 2.24) is 4.31 Å². The second-order valence-corrected chi connectivity index (χ2v) is 7.58. The Hall–Kier alpha value is -1.60. The molecule has 6 nitrogen and oxygen atoms in total. The van der Waals surface area contributed by atoms with Gasteiger partial charge in [0.2, 0.25) is 15.9 Å². The van der Waals surface area contributed by atoms with Crippen molar-refractivity contribution in [3.05, 3.63) is 24.3 Å². The van der Waals surface area contributed by atoms with Crippen LogP contribution in [0, 0.1) is 0 Å². The van der Waals surface area contributed by atoms with E-state index >= 15 is 0 Å². The number of carbonyl (C=O) groups is 1. The van der Waals surface area contributed by atoms with Gasteiger partial charge in [-0.3, -0.25) is 4.79 Å². The average Bonchev–Trinajstić information content (AvgIpc) is 2.36. The van der Waals surface area contributed by atoms with Gasteiger partial charge in [0.1, 0.15) is 5.75 Å². The Morgan fingerprint density at radius 3 is 2.14 bits per heavy atom. The van der Waals surface area contributed by atoms with Crippen LogP contribution in [0.25, 0.3) is 0 Å². The minimum Gasteiger partial charge on any atom is -0.491 e. The Labute approximate surface area is 132 Å². The topological polar surface area (TPSA) is 75.7 Å². The van der Waals surface area contributed by atoms with E-state index in [-0.39, 0.29) is 24.6 Å². The Morgan fingerprint density at radius 1 is 1.18 bits per heavy atom. The molecular formula is C15H24N2O4S. The van der Waals surface area contributed by atoms with Crippen LogP contribution in [-0.2, 0) is 14.8 Å². The average molecular weight is 328 g/mol. The molecule has 124 valence electrons. The normalized spacial score (nSPS) is 12.0. The number of sulfonamides is 1. The lowest BCUT2D eigenvalue weighted by molar-refractivity contribution is -0.116. The molecule has 22 heavy (non-hydrogen) atoms. The summed E-state index contributed by atoms with van der Waals surface area (Å²) in [6.45, 7) is 7.11. The number of carbonyl (C=O) groups excluding carboxylic acids is 1. The third kappa shape index (κ3) is 6.03. The lowest BCUT2D eigenvalue weighted by atomic mass is 10.3. The number of amides is 1. The fourth-order valence-electron chi connectivity index (χ4n) is 1.91. The van der Waals surface area contributed by atoms with Crippen LogP contribution in [0.5, 0.6) is 5.75 Å². The van der Waals surface area contributed by atoms with Crippen LogP contribution in [0.2, 0.25) is 0 Å². The molecule has 0 heterocycles. The molecule has 0 spiro atoms. The molecule has 0 fully saturated rings. The van der Waals surface area contributed by atoms with Crippen LogP contribution < -0.4 is 10.1 Å². The van der Waals surface area contributed by atoms with Gasteiger partial charge in [0, 0.05) is 11.7 Å². The van der Waals surface area contributed by atoms with E-state index in [0.29, 0.717) is 11.4 Å². The molecule has 0 unspecified atom stereocenters. The minimum absolute atomic E-state index is 0.0785. The number of ether oxygens (including phenoxy) is 1. The summed E-state index contributed by atoms with van der Waals surface area (Å²) in [5.41, 5.74) is 0.596. The predicted octanol–water partition coefficient (Wildman–Crippen LogP) is 2.08. The largest absolute Gasteiger partial charge is 0.491 e. The van der Waals surface area contributed by atoms with E-state index in [9.17, 15) is 13.2 Å². The first-order valence-corrected chi connectivity index (χ1v) is 8.98. The molecular weight excluding hydrogens is 304 g/mol. The maximum Gasteiger partial charge on any atom is 0.239 e. The molecule has 0 bridgehead atoms. The monoisotopic (exact) mass is 328 g/mol. The number of benzene rings is 1. The predicted molar refractivity (Wildman–Crippen MR) is 87.5 cm³/mol. The molecule has 1 N–H and O–H groups in total. The standard InChI is InChI=1S/C15H24N2O4S/c1-11(2)17(22(5,19)20)10-15(18)16-13-6-8-14(9-7-13)21-12(3)4/h6-9,11-12H,10H2,1-5H3,(H,16,18). The summed E-state index contributed by atoms with van der Waals surface area (Å²) < 4.78 is 29.9. The number of anilines is 1. The van der Waals surface area contributed by atoms with Gasteiger partial charge in [-0.2, -0.15) is 4.31 Å². The van der Waals surface area contributed by atoms with E-state index in [4.69, 9.17) is 4.74 Å². The Balaban J connectivity index is 2.68. The van der Waals surface area contributed by atoms with E-state index in [0.717, 1.165) is 10.6 Å². The van der Waals surface area contributed by atoms with Crippen molar-refractivity contribution in [2.24, 2.45) is 0 Å². The van der Waals surface area contributed by atoms with Gasteiger partial charge in [0.05, 0.1) is 18.9 Å². The van der Waals surface area contributed by atoms with Crippen LogP contribution in [0.15, 0.2) is 24.3 Å². The summed E-state index contributed by atoms with van der Waals surface area (Å²) in [5.74, 6) is 0.338. The maximum absolute atomic E-state index is 12.0. The van der Waals surface area contributed by atoms with Gasteiger partial charge in [0.15, 0.2) is 0 Å². The Morgan fingerprint density at radius 2 is 1.73 bits per heavy atom. The first kappa shape index (κ1) is 18.4. The van der Waals surface area contributed by atoms with E-state index in [2.05, 4.69) is 5.32 Å². The van der Waals surface area contributed by atoms with Crippen LogP contribution in [0.3, 0.4) is 0 Å². The first-order valence-electron chi connectivity index (χ1n) is 7.13. The molecule has 0 saturated heterocycles. The van der Waals surface area contributed by atoms with Gasteiger partial charge >= 0.3 is 0 Å². The molecule has 1 rings (SSSR count). The van der Waals surface area contributed by atoms with Crippen molar-refractivity contribution >= 4 is 21.6 Å². The molecule has 0 aliphatic carbocycles. The highest BCUT2D eigenvalue weighted by molar-refractivity contribution is 7.88. The summed E-state index contributed by atoms with van der Waals surface area (Å²) >= 11 is 0. The van der Waals surface area contributed by atoms with E-state index in [1.807, 2.05) is 13.8 Å². The number of nitrogens with zero attached hydrogens (tertiary/aromatic N) is 1. The summed E-state index contributed by atoms with van der Waals surface area (Å²) in [6.07, 6.45) is 1.17. The summed E-state index contributed by atoms with van der Waals surface area (Å²) in [6, 6.07) is 6.67. The van der Waals surface area contributed by atoms with Crippen molar-refractivity contribution in [2.45, 2.75) is 39.8 Å². The minimum atomic E-state index is -3.42. The molecule has 1 aromatic rings. The van der Waals surface area contributed by atoms with Gasteiger partial charge in [-0.1, -0.05) is 0 Å². The third-order valence-corrected chi connectivity index (χ3v) is 4.21. The highest BCUT2D eigenvalue weighted by Crippen LogP contribution is 2.17. The first-order chi connectivity index (χ1) is 10.1. The molecule has 0 radical (unpaired) electrons. The van der Waals surface area contributed by atoms with Crippen LogP contribution in [-0.4, -0.2) is 43.6 Å². The molecule has 7 heteroatoms. The fourth-order valence-corrected chi connectivity index (χ4v) is 3.03. The van der Waals surface area contributed by atoms with Gasteiger partial charge in [0.25, 0.3) is 0 Å². The van der Waals surface area contributed by atoms with Crippen LogP contribution in [0.1, 0.15) is 27.7 Å². The fraction of sp³-hybridized carbons (Fsp3) is 0.533. The Bertz CT molecular complexity index is 594. The molecule has 0 atom stereocenters. The van der Waals surface area contributed by atoms with E-state index in [1.165, 1.54) is 0 Å². The number of rotatable bonds is 7. The molecule has 0 aromatic heterocycles. The highest BCUT2D eigenvalue weighted by Gasteiger charge is 2.23. The van der Waals surface area contributed by atoms with Gasteiger partial charge in [-0.05, 0) is 52.0 Å². The number of hydrogen-bond donors (Lipinski definition) is 1. The zero-order valence-electron chi connectivity index (χ0n) is 13.7. The zero-order valence-corrected chi connectivity index (χ0v) is 14.5. The maximum atomic E-state index is 12.0. The smallest absolute Gasteiger partial charge is 0.239 e. The summed E-state index contributed by atoms with van der Waals surface area (Å²) in [7, 11) is -3.42. The molecule has 0 aliphatic rings. The lowest BCUT2D eigenvalue weighted by Crippen LogP contribution is -2.41. The third-order valence-electron chi connectivity index (χ3n) is 2.81. The SMILES string of the molecule is CC(C)Oc1ccc(NC(=O)CN(C(C)C)S(C)(=O)=O)cc1.